The molecule has 0 aromatic rings. The first-order valence-corrected chi connectivity index (χ1v) is 11.6. The van der Waals surface area contributed by atoms with Gasteiger partial charge in [0.15, 0.2) is 12.6 Å². The van der Waals surface area contributed by atoms with Gasteiger partial charge >= 0.3 is 0 Å². The van der Waals surface area contributed by atoms with Gasteiger partial charge in [-0.3, -0.25) is 0 Å². The summed E-state index contributed by atoms with van der Waals surface area (Å²) < 4.78 is 19.6. The van der Waals surface area contributed by atoms with E-state index in [1.54, 1.807) is 0 Å². The lowest BCUT2D eigenvalue weighted by atomic mass is 9.70. The van der Waals surface area contributed by atoms with Gasteiger partial charge in [0.05, 0.1) is 12.2 Å². The van der Waals surface area contributed by atoms with Gasteiger partial charge in [-0.25, -0.2) is 0 Å². The zero-order valence-electron chi connectivity index (χ0n) is 18.1. The van der Waals surface area contributed by atoms with E-state index in [0.717, 1.165) is 24.7 Å². The van der Waals surface area contributed by atoms with E-state index in [-0.39, 0.29) is 12.6 Å². The minimum absolute atomic E-state index is 0.0432. The molecule has 4 saturated carbocycles. The van der Waals surface area contributed by atoms with Crippen molar-refractivity contribution in [3.05, 3.63) is 0 Å². The molecule has 0 unspecified atom stereocenters. The van der Waals surface area contributed by atoms with Crippen LogP contribution in [-0.2, 0) is 14.2 Å². The van der Waals surface area contributed by atoms with Crippen molar-refractivity contribution in [1.29, 1.82) is 0 Å². The Hall–Kier alpha value is -0.120. The topological polar surface area (TPSA) is 27.7 Å². The highest BCUT2D eigenvalue weighted by atomic mass is 16.8. The number of hydrogen-bond donors (Lipinski definition) is 0. The molecule has 4 bridgehead atoms. The molecule has 0 spiro atoms. The van der Waals surface area contributed by atoms with Crippen molar-refractivity contribution >= 4 is 0 Å². The third kappa shape index (κ3) is 1.83. The summed E-state index contributed by atoms with van der Waals surface area (Å²) in [7, 11) is 0. The molecule has 4 aliphatic carbocycles. The molecule has 0 N–H and O–H groups in total. The van der Waals surface area contributed by atoms with Gasteiger partial charge in [0, 0.05) is 12.8 Å². The number of rotatable bonds is 2. The van der Waals surface area contributed by atoms with E-state index >= 15 is 0 Å². The summed E-state index contributed by atoms with van der Waals surface area (Å²) in [5, 5.41) is 0. The van der Waals surface area contributed by atoms with Gasteiger partial charge in [-0.1, -0.05) is 41.5 Å². The maximum Gasteiger partial charge on any atom is 0.161 e. The van der Waals surface area contributed by atoms with Crippen LogP contribution in [0.15, 0.2) is 0 Å². The first kappa shape index (κ1) is 17.7. The second-order valence-electron chi connectivity index (χ2n) is 12.5. The Kier molecular flexibility index (Phi) is 3.25. The lowest BCUT2D eigenvalue weighted by molar-refractivity contribution is -0.252. The predicted molar refractivity (Wildman–Crippen MR) is 104 cm³/mol. The van der Waals surface area contributed by atoms with Gasteiger partial charge in [0.2, 0.25) is 0 Å². The van der Waals surface area contributed by atoms with Crippen molar-refractivity contribution < 1.29 is 14.2 Å². The molecule has 6 aliphatic rings. The number of hydrogen-bond acceptors (Lipinski definition) is 3. The van der Waals surface area contributed by atoms with Crippen LogP contribution in [0.3, 0.4) is 0 Å². The molecular weight excluding hydrogens is 336 g/mol. The molecule has 10 atom stereocenters. The summed E-state index contributed by atoms with van der Waals surface area (Å²) in [5.74, 6) is 3.00. The molecule has 0 aromatic carbocycles. The summed E-state index contributed by atoms with van der Waals surface area (Å²) in [5.41, 5.74) is 1.47. The van der Waals surface area contributed by atoms with Crippen LogP contribution >= 0.6 is 0 Å². The predicted octanol–water partition coefficient (Wildman–Crippen LogP) is 5.38. The first-order valence-electron chi connectivity index (χ1n) is 11.6. The molecule has 6 rings (SSSR count). The molecule has 27 heavy (non-hydrogen) atoms. The highest BCUT2D eigenvalue weighted by Crippen LogP contribution is 2.72. The SMILES string of the molecule is CC1(C)[C@H]2CC[C@@]1(C)[C@@H]1O[C@H](O[C@H]3C[C@@H]4[C@H]5CC[C@@](C)([C@H]4O3)C5(C)C)C[C@@H]12. The molecule has 2 aliphatic heterocycles. The summed E-state index contributed by atoms with van der Waals surface area (Å²) in [4.78, 5) is 0. The second kappa shape index (κ2) is 4.95. The molecule has 2 heterocycles. The normalized spacial score (nSPS) is 61.6. The van der Waals surface area contributed by atoms with E-state index in [2.05, 4.69) is 41.5 Å². The van der Waals surface area contributed by atoms with Crippen molar-refractivity contribution in [2.45, 2.75) is 105 Å². The molecular formula is C24H38O3. The van der Waals surface area contributed by atoms with Crippen LogP contribution in [0.5, 0.6) is 0 Å². The number of fused-ring (bicyclic) bond motifs is 10. The van der Waals surface area contributed by atoms with Gasteiger partial charge < -0.3 is 14.2 Å². The Morgan fingerprint density at radius 2 is 1.07 bits per heavy atom. The fourth-order valence-electron chi connectivity index (χ4n) is 9.31. The maximum atomic E-state index is 6.58. The monoisotopic (exact) mass is 374 g/mol. The Bertz CT molecular complexity index is 615. The van der Waals surface area contributed by atoms with E-state index in [0.29, 0.717) is 45.7 Å². The van der Waals surface area contributed by atoms with Crippen LogP contribution in [0.25, 0.3) is 0 Å². The van der Waals surface area contributed by atoms with Gasteiger partial charge in [-0.15, -0.1) is 0 Å². The summed E-state index contributed by atoms with van der Waals surface area (Å²) in [6.07, 6.45) is 8.24. The van der Waals surface area contributed by atoms with E-state index in [9.17, 15) is 0 Å². The van der Waals surface area contributed by atoms with E-state index in [1.165, 1.54) is 25.7 Å². The Morgan fingerprint density at radius 3 is 1.44 bits per heavy atom. The van der Waals surface area contributed by atoms with Crippen molar-refractivity contribution in [1.82, 2.24) is 0 Å². The Labute approximate surface area is 164 Å². The van der Waals surface area contributed by atoms with Crippen LogP contribution in [0, 0.1) is 45.3 Å². The molecule has 2 saturated heterocycles. The van der Waals surface area contributed by atoms with Crippen molar-refractivity contribution in [3.63, 3.8) is 0 Å². The third-order valence-electron chi connectivity index (χ3n) is 11.6. The highest BCUT2D eigenvalue weighted by Gasteiger charge is 2.71. The first-order chi connectivity index (χ1) is 12.6. The zero-order chi connectivity index (χ0) is 19.0. The fourth-order valence-corrected chi connectivity index (χ4v) is 9.31. The Balaban J connectivity index is 1.15. The zero-order valence-corrected chi connectivity index (χ0v) is 18.1. The largest absolute Gasteiger partial charge is 0.348 e. The second-order valence-corrected chi connectivity index (χ2v) is 12.5. The molecule has 152 valence electrons. The van der Waals surface area contributed by atoms with Crippen LogP contribution in [0.4, 0.5) is 0 Å². The molecule has 3 heteroatoms. The van der Waals surface area contributed by atoms with Gasteiger partial charge in [0.25, 0.3) is 0 Å². The average Bonchev–Trinajstić information content (AvgIpc) is 3.33. The molecule has 0 amide bonds. The van der Waals surface area contributed by atoms with Crippen LogP contribution in [-0.4, -0.2) is 24.8 Å². The maximum absolute atomic E-state index is 6.58. The smallest absolute Gasteiger partial charge is 0.161 e. The molecule has 0 aromatic heterocycles. The van der Waals surface area contributed by atoms with Crippen molar-refractivity contribution in [2.75, 3.05) is 0 Å². The lowest BCUT2D eigenvalue weighted by Gasteiger charge is -2.39. The minimum atomic E-state index is -0.0432. The van der Waals surface area contributed by atoms with Crippen LogP contribution < -0.4 is 0 Å². The van der Waals surface area contributed by atoms with Gasteiger partial charge in [-0.2, -0.15) is 0 Å². The van der Waals surface area contributed by atoms with E-state index in [4.69, 9.17) is 14.2 Å². The van der Waals surface area contributed by atoms with Gasteiger partial charge in [0.1, 0.15) is 0 Å². The van der Waals surface area contributed by atoms with Crippen LogP contribution in [0.2, 0.25) is 0 Å². The summed E-state index contributed by atoms with van der Waals surface area (Å²) in [6.45, 7) is 14.8. The van der Waals surface area contributed by atoms with Crippen molar-refractivity contribution in [2.24, 2.45) is 45.3 Å². The quantitative estimate of drug-likeness (QED) is 0.650. The third-order valence-corrected chi connectivity index (χ3v) is 11.6. The molecule has 6 fully saturated rings. The average molecular weight is 375 g/mol. The molecule has 0 radical (unpaired) electrons. The van der Waals surface area contributed by atoms with Crippen molar-refractivity contribution in [3.8, 4) is 0 Å². The van der Waals surface area contributed by atoms with Crippen LogP contribution in [0.1, 0.15) is 80.1 Å². The molecule has 3 nitrogen and oxygen atoms in total. The highest BCUT2D eigenvalue weighted by molar-refractivity contribution is 5.18. The Morgan fingerprint density at radius 1 is 0.667 bits per heavy atom. The lowest BCUT2D eigenvalue weighted by Crippen LogP contribution is -2.39. The minimum Gasteiger partial charge on any atom is -0.348 e. The fraction of sp³-hybridized carbons (Fsp3) is 1.00. The number of ether oxygens (including phenoxy) is 3. The van der Waals surface area contributed by atoms with E-state index in [1.807, 2.05) is 0 Å². The van der Waals surface area contributed by atoms with E-state index < -0.39 is 0 Å². The summed E-state index contributed by atoms with van der Waals surface area (Å²) in [6, 6.07) is 0. The van der Waals surface area contributed by atoms with Gasteiger partial charge in [-0.05, 0) is 71.0 Å². The summed E-state index contributed by atoms with van der Waals surface area (Å²) >= 11 is 0. The standard InChI is InChI=1S/C24H38O3/c1-21(2)15-7-9-23(21,5)19-13(15)11-17(26-19)25-18-12-14-16-8-10-24(6,20(14)27-18)22(16,3)4/h13-20H,7-12H2,1-6H3/t13-,14-,15-,16+,17-,18+,19+,20-,23+,24+/m1/s1.